The molecule has 1 heterocycles. The second kappa shape index (κ2) is 4.56. The van der Waals surface area contributed by atoms with Gasteiger partial charge in [0.1, 0.15) is 0 Å². The fourth-order valence-corrected chi connectivity index (χ4v) is 0.480. The van der Waals surface area contributed by atoms with Crippen LogP contribution in [-0.2, 0) is 0 Å². The van der Waals surface area contributed by atoms with Crippen LogP contribution in [0.15, 0.2) is 18.5 Å². The van der Waals surface area contributed by atoms with Gasteiger partial charge in [-0.3, -0.25) is 9.97 Å². The molecule has 11 heavy (non-hydrogen) atoms. The first-order chi connectivity index (χ1) is 4.61. The molecule has 0 aliphatic carbocycles. The van der Waals surface area contributed by atoms with Crippen molar-refractivity contribution in [3.05, 3.63) is 18.5 Å². The minimum atomic E-state index is -5.03. The zero-order chi connectivity index (χ0) is 7.61. The molecule has 0 fully saturated rings. The van der Waals surface area contributed by atoms with Crippen LogP contribution in [-0.4, -0.2) is 16.9 Å². The standard InChI is InChI=1S/C4H3BF3N2.K/c6-5(7,8)4-9-2-1-3-10-4;/h1-3H;/q-1;+1. The van der Waals surface area contributed by atoms with E-state index in [0.717, 1.165) is 12.4 Å². The summed E-state index contributed by atoms with van der Waals surface area (Å²) in [6, 6.07) is 1.34. The van der Waals surface area contributed by atoms with Gasteiger partial charge in [0.05, 0.1) is 5.72 Å². The van der Waals surface area contributed by atoms with Gasteiger partial charge >= 0.3 is 58.4 Å². The van der Waals surface area contributed by atoms with Gasteiger partial charge in [-0.25, -0.2) is 0 Å². The first-order valence-electron chi connectivity index (χ1n) is 2.57. The van der Waals surface area contributed by atoms with Gasteiger partial charge in [0, 0.05) is 12.4 Å². The first kappa shape index (κ1) is 11.6. The van der Waals surface area contributed by atoms with Crippen LogP contribution in [0.3, 0.4) is 0 Å². The summed E-state index contributed by atoms with van der Waals surface area (Å²) in [7, 11) is 0. The van der Waals surface area contributed by atoms with Crippen molar-refractivity contribution in [1.29, 1.82) is 0 Å². The fourth-order valence-electron chi connectivity index (χ4n) is 0.480. The molecule has 7 heteroatoms. The SMILES string of the molecule is F[B-](F)(F)c1ncccn1.[K+]. The molecule has 0 bridgehead atoms. The third kappa shape index (κ3) is 3.66. The van der Waals surface area contributed by atoms with Gasteiger partial charge in [-0.05, 0) is 6.07 Å². The van der Waals surface area contributed by atoms with E-state index in [9.17, 15) is 12.9 Å². The molecule has 1 rings (SSSR count). The van der Waals surface area contributed by atoms with Gasteiger partial charge in [-0.15, -0.1) is 0 Å². The van der Waals surface area contributed by atoms with Crippen LogP contribution in [0.4, 0.5) is 12.9 Å². The molecule has 2 nitrogen and oxygen atoms in total. The number of nitrogens with zero attached hydrogens (tertiary/aromatic N) is 2. The summed E-state index contributed by atoms with van der Waals surface area (Å²) in [5, 5.41) is 0. The van der Waals surface area contributed by atoms with Crippen LogP contribution >= 0.6 is 0 Å². The normalized spacial score (nSPS) is 10.5. The molecular formula is C4H3BF3KN2. The van der Waals surface area contributed by atoms with Gasteiger partial charge in [-0.2, -0.15) is 0 Å². The summed E-state index contributed by atoms with van der Waals surface area (Å²) >= 11 is 0. The second-order valence-electron chi connectivity index (χ2n) is 1.68. The molecule has 0 unspecified atom stereocenters. The molecular weight excluding hydrogens is 183 g/mol. The van der Waals surface area contributed by atoms with E-state index in [1.807, 2.05) is 0 Å². The van der Waals surface area contributed by atoms with E-state index in [1.165, 1.54) is 6.07 Å². The Hall–Kier alpha value is 0.571. The average Bonchev–Trinajstić information content (AvgIpc) is 1.88. The van der Waals surface area contributed by atoms with Gasteiger partial charge in [0.15, 0.2) is 0 Å². The summed E-state index contributed by atoms with van der Waals surface area (Å²) in [6.07, 6.45) is 2.13. The van der Waals surface area contributed by atoms with Gasteiger partial charge in [-0.1, -0.05) is 0 Å². The maximum atomic E-state index is 11.7. The van der Waals surface area contributed by atoms with Crippen LogP contribution < -0.4 is 57.1 Å². The molecule has 0 aliphatic heterocycles. The number of hydrogen-bond acceptors (Lipinski definition) is 2. The van der Waals surface area contributed by atoms with E-state index >= 15 is 0 Å². The fraction of sp³-hybridized carbons (Fsp3) is 0. The topological polar surface area (TPSA) is 25.8 Å². The van der Waals surface area contributed by atoms with Crippen molar-refractivity contribution in [2.75, 3.05) is 0 Å². The van der Waals surface area contributed by atoms with E-state index in [0.29, 0.717) is 0 Å². The Kier molecular flexibility index (Phi) is 4.80. The molecule has 0 N–H and O–H groups in total. The van der Waals surface area contributed by atoms with Crippen LogP contribution in [0.25, 0.3) is 0 Å². The molecule has 0 saturated carbocycles. The predicted molar refractivity (Wildman–Crippen MR) is 30.7 cm³/mol. The molecule has 0 atom stereocenters. The number of rotatable bonds is 1. The van der Waals surface area contributed by atoms with Crippen molar-refractivity contribution < 1.29 is 64.3 Å². The van der Waals surface area contributed by atoms with E-state index in [2.05, 4.69) is 9.97 Å². The van der Waals surface area contributed by atoms with Crippen molar-refractivity contribution in [3.63, 3.8) is 0 Å². The van der Waals surface area contributed by atoms with Crippen molar-refractivity contribution in [3.8, 4) is 0 Å². The maximum absolute atomic E-state index is 11.7. The molecule has 54 valence electrons. The Morgan fingerprint density at radius 1 is 1.09 bits per heavy atom. The van der Waals surface area contributed by atoms with Gasteiger partial charge in [0.2, 0.25) is 0 Å². The zero-order valence-corrected chi connectivity index (χ0v) is 8.96. The van der Waals surface area contributed by atoms with Crippen LogP contribution in [0.2, 0.25) is 0 Å². The second-order valence-corrected chi connectivity index (χ2v) is 1.68. The van der Waals surface area contributed by atoms with E-state index in [4.69, 9.17) is 0 Å². The first-order valence-corrected chi connectivity index (χ1v) is 2.57. The molecule has 0 amide bonds. The minimum absolute atomic E-state index is 0. The Balaban J connectivity index is 0.000001000. The molecule has 0 aliphatic rings. The molecule has 0 spiro atoms. The van der Waals surface area contributed by atoms with Crippen LogP contribution in [0.5, 0.6) is 0 Å². The molecule has 0 aromatic carbocycles. The summed E-state index contributed by atoms with van der Waals surface area (Å²) in [5.74, 6) is 0. The summed E-state index contributed by atoms with van der Waals surface area (Å²) in [4.78, 5) is 6.08. The van der Waals surface area contributed by atoms with E-state index < -0.39 is 12.7 Å². The number of aromatic nitrogens is 2. The smallest absolute Gasteiger partial charge is 0.443 e. The third-order valence-corrected chi connectivity index (χ3v) is 0.879. The average molecular weight is 186 g/mol. The molecule has 1 aromatic heterocycles. The van der Waals surface area contributed by atoms with Crippen LogP contribution in [0, 0.1) is 0 Å². The van der Waals surface area contributed by atoms with Crippen molar-refractivity contribution in [2.45, 2.75) is 0 Å². The predicted octanol–water partition coefficient (Wildman–Crippen LogP) is -2.46. The third-order valence-electron chi connectivity index (χ3n) is 0.879. The van der Waals surface area contributed by atoms with Crippen molar-refractivity contribution in [2.24, 2.45) is 0 Å². The monoisotopic (exact) mass is 186 g/mol. The summed E-state index contributed by atoms with van der Waals surface area (Å²) < 4.78 is 35.2. The van der Waals surface area contributed by atoms with Crippen LogP contribution in [0.1, 0.15) is 0 Å². The quantitative estimate of drug-likeness (QED) is 0.454. The van der Waals surface area contributed by atoms with Gasteiger partial charge < -0.3 is 12.9 Å². The van der Waals surface area contributed by atoms with Gasteiger partial charge in [0.25, 0.3) is 0 Å². The largest absolute Gasteiger partial charge is 1.00 e. The molecule has 0 radical (unpaired) electrons. The summed E-state index contributed by atoms with van der Waals surface area (Å²) in [5.41, 5.74) is -1.04. The molecule has 0 saturated heterocycles. The Morgan fingerprint density at radius 2 is 1.55 bits per heavy atom. The van der Waals surface area contributed by atoms with Crippen molar-refractivity contribution >= 4 is 12.7 Å². The minimum Gasteiger partial charge on any atom is -0.443 e. The van der Waals surface area contributed by atoms with Crippen molar-refractivity contribution in [1.82, 2.24) is 9.97 Å². The Labute approximate surface area is 104 Å². The zero-order valence-electron chi connectivity index (χ0n) is 5.84. The Morgan fingerprint density at radius 3 is 1.82 bits per heavy atom. The Bertz CT molecular complexity index is 214. The number of halogens is 3. The molecule has 1 aromatic rings. The van der Waals surface area contributed by atoms with E-state index in [1.54, 1.807) is 0 Å². The van der Waals surface area contributed by atoms with E-state index in [-0.39, 0.29) is 51.4 Å². The maximum Gasteiger partial charge on any atom is 1.00 e. The summed E-state index contributed by atoms with van der Waals surface area (Å²) in [6.45, 7) is -5.03. The number of hydrogen-bond donors (Lipinski definition) is 0.